The fraction of sp³-hybridized carbons (Fsp3) is 0.294. The normalized spacial score (nSPS) is 12.4. The SMILES string of the molecule is CCNC(Cc1ccc(Br)cc1)c1ccc(C)cc1Cl. The average Bonchev–Trinajstić information content (AvgIpc) is 2.41. The van der Waals surface area contributed by atoms with E-state index in [1.54, 1.807) is 0 Å². The van der Waals surface area contributed by atoms with Crippen LogP contribution in [-0.2, 0) is 6.42 Å². The molecule has 0 aliphatic rings. The highest BCUT2D eigenvalue weighted by Gasteiger charge is 2.14. The van der Waals surface area contributed by atoms with Crippen LogP contribution < -0.4 is 5.32 Å². The summed E-state index contributed by atoms with van der Waals surface area (Å²) in [6.45, 7) is 5.11. The summed E-state index contributed by atoms with van der Waals surface area (Å²) in [5.41, 5.74) is 3.66. The molecule has 3 heteroatoms. The van der Waals surface area contributed by atoms with Gasteiger partial charge in [-0.1, -0.05) is 58.7 Å². The second-order valence-electron chi connectivity index (χ2n) is 4.97. The lowest BCUT2D eigenvalue weighted by atomic mass is 9.98. The third-order valence-corrected chi connectivity index (χ3v) is 4.19. The van der Waals surface area contributed by atoms with Gasteiger partial charge in [-0.05, 0) is 54.8 Å². The lowest BCUT2D eigenvalue weighted by Crippen LogP contribution is -2.23. The maximum atomic E-state index is 6.40. The predicted molar refractivity (Wildman–Crippen MR) is 90.5 cm³/mol. The fourth-order valence-corrected chi connectivity index (χ4v) is 2.94. The van der Waals surface area contributed by atoms with Crippen molar-refractivity contribution in [3.05, 3.63) is 68.7 Å². The molecule has 0 aliphatic carbocycles. The number of halogens is 2. The van der Waals surface area contributed by atoms with Gasteiger partial charge in [-0.15, -0.1) is 0 Å². The minimum Gasteiger partial charge on any atom is -0.310 e. The second-order valence-corrected chi connectivity index (χ2v) is 6.29. The van der Waals surface area contributed by atoms with Crippen molar-refractivity contribution in [3.63, 3.8) is 0 Å². The third-order valence-electron chi connectivity index (χ3n) is 3.33. The lowest BCUT2D eigenvalue weighted by Gasteiger charge is -2.20. The zero-order chi connectivity index (χ0) is 14.5. The van der Waals surface area contributed by atoms with Gasteiger partial charge < -0.3 is 5.32 Å². The van der Waals surface area contributed by atoms with Crippen LogP contribution in [0.2, 0.25) is 5.02 Å². The summed E-state index contributed by atoms with van der Waals surface area (Å²) in [4.78, 5) is 0. The van der Waals surface area contributed by atoms with Crippen molar-refractivity contribution >= 4 is 27.5 Å². The largest absolute Gasteiger partial charge is 0.310 e. The van der Waals surface area contributed by atoms with E-state index in [-0.39, 0.29) is 6.04 Å². The summed E-state index contributed by atoms with van der Waals surface area (Å²) in [5.74, 6) is 0. The topological polar surface area (TPSA) is 12.0 Å². The second kappa shape index (κ2) is 7.26. The molecule has 0 heterocycles. The van der Waals surface area contributed by atoms with Crippen LogP contribution in [-0.4, -0.2) is 6.54 Å². The molecule has 0 spiro atoms. The molecule has 1 nitrogen and oxygen atoms in total. The Bertz CT molecular complexity index is 566. The van der Waals surface area contributed by atoms with Gasteiger partial charge in [0, 0.05) is 15.5 Å². The number of likely N-dealkylation sites (N-methyl/N-ethyl adjacent to an activating group) is 1. The van der Waals surface area contributed by atoms with E-state index in [9.17, 15) is 0 Å². The molecule has 2 rings (SSSR count). The van der Waals surface area contributed by atoms with E-state index in [1.165, 1.54) is 16.7 Å². The van der Waals surface area contributed by atoms with Crippen LogP contribution in [0.3, 0.4) is 0 Å². The van der Waals surface area contributed by atoms with Gasteiger partial charge in [-0.3, -0.25) is 0 Å². The highest BCUT2D eigenvalue weighted by molar-refractivity contribution is 9.10. The number of nitrogens with one attached hydrogen (secondary N) is 1. The van der Waals surface area contributed by atoms with Crippen molar-refractivity contribution in [1.82, 2.24) is 5.32 Å². The number of rotatable bonds is 5. The lowest BCUT2D eigenvalue weighted by molar-refractivity contribution is 0.550. The maximum absolute atomic E-state index is 6.40. The minimum atomic E-state index is 0.245. The fourth-order valence-electron chi connectivity index (χ4n) is 2.31. The van der Waals surface area contributed by atoms with Crippen molar-refractivity contribution in [2.45, 2.75) is 26.3 Å². The molecule has 20 heavy (non-hydrogen) atoms. The van der Waals surface area contributed by atoms with E-state index >= 15 is 0 Å². The van der Waals surface area contributed by atoms with Crippen LogP contribution >= 0.6 is 27.5 Å². The van der Waals surface area contributed by atoms with Crippen LogP contribution in [0.5, 0.6) is 0 Å². The summed E-state index contributed by atoms with van der Waals surface area (Å²) in [7, 11) is 0. The molecule has 1 atom stereocenters. The summed E-state index contributed by atoms with van der Waals surface area (Å²) in [5, 5.41) is 4.37. The molecular weight excluding hydrogens is 334 g/mol. The van der Waals surface area contributed by atoms with E-state index in [0.717, 1.165) is 22.5 Å². The molecule has 0 saturated heterocycles. The van der Waals surface area contributed by atoms with Gasteiger partial charge in [0.1, 0.15) is 0 Å². The molecule has 2 aromatic carbocycles. The number of hydrogen-bond donors (Lipinski definition) is 1. The van der Waals surface area contributed by atoms with Gasteiger partial charge >= 0.3 is 0 Å². The first kappa shape index (κ1) is 15.6. The van der Waals surface area contributed by atoms with Crippen molar-refractivity contribution in [2.75, 3.05) is 6.54 Å². The van der Waals surface area contributed by atoms with Crippen LogP contribution in [0.15, 0.2) is 46.9 Å². The molecule has 0 saturated carbocycles. The number of benzene rings is 2. The molecular formula is C17H19BrClN. The Morgan fingerprint density at radius 2 is 1.85 bits per heavy atom. The van der Waals surface area contributed by atoms with Crippen molar-refractivity contribution in [3.8, 4) is 0 Å². The molecule has 0 fully saturated rings. The zero-order valence-electron chi connectivity index (χ0n) is 11.8. The summed E-state index contributed by atoms with van der Waals surface area (Å²) < 4.78 is 1.11. The van der Waals surface area contributed by atoms with Gasteiger partial charge in [-0.2, -0.15) is 0 Å². The first-order valence-corrected chi connectivity index (χ1v) is 8.01. The Morgan fingerprint density at radius 1 is 1.15 bits per heavy atom. The van der Waals surface area contributed by atoms with Crippen molar-refractivity contribution in [1.29, 1.82) is 0 Å². The highest BCUT2D eigenvalue weighted by Crippen LogP contribution is 2.27. The van der Waals surface area contributed by atoms with Crippen LogP contribution in [0.4, 0.5) is 0 Å². The maximum Gasteiger partial charge on any atom is 0.0456 e. The standard InChI is InChI=1S/C17H19BrClN/c1-3-20-17(11-13-5-7-14(18)8-6-13)15-9-4-12(2)10-16(15)19/h4-10,17,20H,3,11H2,1-2H3. The molecule has 0 amide bonds. The smallest absolute Gasteiger partial charge is 0.0456 e. The Morgan fingerprint density at radius 3 is 2.45 bits per heavy atom. The van der Waals surface area contributed by atoms with Crippen molar-refractivity contribution < 1.29 is 0 Å². The Kier molecular flexibility index (Phi) is 5.64. The monoisotopic (exact) mass is 351 g/mol. The highest BCUT2D eigenvalue weighted by atomic mass is 79.9. The zero-order valence-corrected chi connectivity index (χ0v) is 14.1. The molecule has 2 aromatic rings. The van der Waals surface area contributed by atoms with Crippen LogP contribution in [0.25, 0.3) is 0 Å². The Hall–Kier alpha value is -0.830. The molecule has 0 radical (unpaired) electrons. The van der Waals surface area contributed by atoms with Crippen molar-refractivity contribution in [2.24, 2.45) is 0 Å². The van der Waals surface area contributed by atoms with Crippen LogP contribution in [0.1, 0.15) is 29.7 Å². The van der Waals surface area contributed by atoms with Gasteiger partial charge in [0.25, 0.3) is 0 Å². The molecule has 1 unspecified atom stereocenters. The van der Waals surface area contributed by atoms with Gasteiger partial charge in [0.2, 0.25) is 0 Å². The van der Waals surface area contributed by atoms with Gasteiger partial charge in [0.15, 0.2) is 0 Å². The van der Waals surface area contributed by atoms with E-state index in [1.807, 2.05) is 6.07 Å². The molecule has 0 aliphatic heterocycles. The summed E-state index contributed by atoms with van der Waals surface area (Å²) in [6, 6.07) is 15.0. The average molecular weight is 353 g/mol. The molecule has 1 N–H and O–H groups in total. The molecule has 106 valence electrons. The van der Waals surface area contributed by atoms with Gasteiger partial charge in [-0.25, -0.2) is 0 Å². The number of aryl methyl sites for hydroxylation is 1. The van der Waals surface area contributed by atoms with Crippen LogP contribution in [0, 0.1) is 6.92 Å². The van der Waals surface area contributed by atoms with Gasteiger partial charge in [0.05, 0.1) is 0 Å². The third kappa shape index (κ3) is 4.08. The quantitative estimate of drug-likeness (QED) is 0.769. The van der Waals surface area contributed by atoms with E-state index in [4.69, 9.17) is 11.6 Å². The first-order valence-electron chi connectivity index (χ1n) is 6.84. The summed E-state index contributed by atoms with van der Waals surface area (Å²) >= 11 is 9.87. The predicted octanol–water partition coefficient (Wildman–Crippen LogP) is 5.30. The first-order chi connectivity index (χ1) is 9.60. The van der Waals surface area contributed by atoms with E-state index in [2.05, 4.69) is 71.5 Å². The Balaban J connectivity index is 2.24. The Labute approximate surface area is 134 Å². The van der Waals surface area contributed by atoms with E-state index in [0.29, 0.717) is 0 Å². The van der Waals surface area contributed by atoms with E-state index < -0.39 is 0 Å². The molecule has 0 bridgehead atoms. The molecule has 0 aromatic heterocycles. The minimum absolute atomic E-state index is 0.245. The summed E-state index contributed by atoms with van der Waals surface area (Å²) in [6.07, 6.45) is 0.934. The number of hydrogen-bond acceptors (Lipinski definition) is 1.